The minimum Gasteiger partial charge on any atom is -0.325 e. The van der Waals surface area contributed by atoms with Gasteiger partial charge < -0.3 is 5.32 Å². The largest absolute Gasteiger partial charge is 0.418 e. The molecule has 0 spiro atoms. The summed E-state index contributed by atoms with van der Waals surface area (Å²) in [6, 6.07) is 11.2. The van der Waals surface area contributed by atoms with Gasteiger partial charge in [0.1, 0.15) is 0 Å². The van der Waals surface area contributed by atoms with Crippen molar-refractivity contribution in [2.45, 2.75) is 19.5 Å². The van der Waals surface area contributed by atoms with E-state index < -0.39 is 23.6 Å². The smallest absolute Gasteiger partial charge is 0.325 e. The van der Waals surface area contributed by atoms with Crippen molar-refractivity contribution in [1.82, 2.24) is 5.43 Å². The molecule has 2 rings (SSSR count). The molecule has 142 valence electrons. The van der Waals surface area contributed by atoms with Crippen molar-refractivity contribution in [2.24, 2.45) is 5.10 Å². The number of amides is 2. The Bertz CT molecular complexity index is 865. The zero-order valence-corrected chi connectivity index (χ0v) is 15.7. The normalized spacial score (nSPS) is 11.8. The van der Waals surface area contributed by atoms with Gasteiger partial charge in [-0.2, -0.15) is 18.3 Å². The van der Waals surface area contributed by atoms with E-state index >= 15 is 0 Å². The van der Waals surface area contributed by atoms with Crippen LogP contribution >= 0.6 is 15.9 Å². The molecule has 5 nitrogen and oxygen atoms in total. The summed E-state index contributed by atoms with van der Waals surface area (Å²) in [6.07, 6.45) is -4.85. The predicted octanol–water partition coefficient (Wildman–Crippen LogP) is 4.60. The maximum Gasteiger partial charge on any atom is 0.418 e. The van der Waals surface area contributed by atoms with Crippen LogP contribution in [0.4, 0.5) is 18.9 Å². The first-order chi connectivity index (χ1) is 12.7. The van der Waals surface area contributed by atoms with Gasteiger partial charge in [0.2, 0.25) is 5.91 Å². The highest BCUT2D eigenvalue weighted by Gasteiger charge is 2.33. The number of carbonyl (C=O) groups is 2. The maximum absolute atomic E-state index is 12.9. The molecule has 2 amide bonds. The first-order valence-electron chi connectivity index (χ1n) is 7.72. The third-order valence-corrected chi connectivity index (χ3v) is 3.91. The lowest BCUT2D eigenvalue weighted by atomic mass is 10.1. The van der Waals surface area contributed by atoms with E-state index in [0.29, 0.717) is 5.56 Å². The molecule has 0 aromatic heterocycles. The van der Waals surface area contributed by atoms with Crippen LogP contribution in [0.25, 0.3) is 0 Å². The standard InChI is InChI=1S/C18H15BrF3N3O2/c1-11(24-25-17(27)12-6-8-13(19)9-7-12)10-16(26)23-15-5-3-2-4-14(15)18(20,21)22/h2-9H,10H2,1H3,(H,23,26)(H,25,27). The maximum atomic E-state index is 12.9. The number of hydrogen-bond donors (Lipinski definition) is 2. The number of hydrazone groups is 1. The van der Waals surface area contributed by atoms with E-state index in [1.165, 1.54) is 25.1 Å². The molecule has 2 N–H and O–H groups in total. The Kier molecular flexibility index (Phi) is 6.73. The average Bonchev–Trinajstić information content (AvgIpc) is 2.59. The highest BCUT2D eigenvalue weighted by molar-refractivity contribution is 9.10. The van der Waals surface area contributed by atoms with Crippen molar-refractivity contribution in [3.8, 4) is 0 Å². The Morgan fingerprint density at radius 3 is 2.33 bits per heavy atom. The monoisotopic (exact) mass is 441 g/mol. The Morgan fingerprint density at radius 1 is 1.07 bits per heavy atom. The fourth-order valence-electron chi connectivity index (χ4n) is 2.12. The molecule has 9 heteroatoms. The first kappa shape index (κ1) is 20.6. The Hall–Kier alpha value is -2.68. The second kappa shape index (κ2) is 8.81. The van der Waals surface area contributed by atoms with Gasteiger partial charge in [0.15, 0.2) is 0 Å². The summed E-state index contributed by atoms with van der Waals surface area (Å²) in [5.41, 5.74) is 1.64. The lowest BCUT2D eigenvalue weighted by molar-refractivity contribution is -0.137. The quantitative estimate of drug-likeness (QED) is 0.525. The van der Waals surface area contributed by atoms with Crippen LogP contribution in [0, 0.1) is 0 Å². The molecule has 0 unspecified atom stereocenters. The number of rotatable bonds is 5. The average molecular weight is 442 g/mol. The van der Waals surface area contributed by atoms with Crippen LogP contribution < -0.4 is 10.7 Å². The Labute approximate surface area is 161 Å². The lowest BCUT2D eigenvalue weighted by Crippen LogP contribution is -2.22. The lowest BCUT2D eigenvalue weighted by Gasteiger charge is -2.13. The van der Waals surface area contributed by atoms with Crippen LogP contribution in [0.5, 0.6) is 0 Å². The van der Waals surface area contributed by atoms with E-state index in [4.69, 9.17) is 0 Å². The predicted molar refractivity (Wildman–Crippen MR) is 99.4 cm³/mol. The van der Waals surface area contributed by atoms with Gasteiger partial charge >= 0.3 is 6.18 Å². The zero-order chi connectivity index (χ0) is 20.0. The molecule has 2 aromatic carbocycles. The third-order valence-electron chi connectivity index (χ3n) is 3.38. The highest BCUT2D eigenvalue weighted by atomic mass is 79.9. The molecule has 0 heterocycles. The summed E-state index contributed by atoms with van der Waals surface area (Å²) in [4.78, 5) is 23.9. The summed E-state index contributed by atoms with van der Waals surface area (Å²) >= 11 is 3.25. The van der Waals surface area contributed by atoms with Crippen LogP contribution in [0.3, 0.4) is 0 Å². The molecule has 0 aliphatic rings. The summed E-state index contributed by atoms with van der Waals surface area (Å²) in [6.45, 7) is 1.48. The van der Waals surface area contributed by atoms with Gasteiger partial charge in [-0.05, 0) is 43.3 Å². The van der Waals surface area contributed by atoms with E-state index in [2.05, 4.69) is 31.8 Å². The molecule has 0 fully saturated rings. The summed E-state index contributed by atoms with van der Waals surface area (Å²) in [5.74, 6) is -1.14. The first-order valence-corrected chi connectivity index (χ1v) is 8.51. The number of alkyl halides is 3. The number of nitrogens with zero attached hydrogens (tertiary/aromatic N) is 1. The van der Waals surface area contributed by atoms with Crippen LogP contribution in [0.15, 0.2) is 58.1 Å². The molecule has 0 atom stereocenters. The SMILES string of the molecule is CC(CC(=O)Nc1ccccc1C(F)(F)F)=NNC(=O)c1ccc(Br)cc1. The molecule has 0 bridgehead atoms. The topological polar surface area (TPSA) is 70.6 Å². The molecule has 0 aliphatic carbocycles. The Balaban J connectivity index is 1.96. The molecule has 27 heavy (non-hydrogen) atoms. The molecule has 2 aromatic rings. The van der Waals surface area contributed by atoms with Gasteiger partial charge in [-0.3, -0.25) is 9.59 Å². The summed E-state index contributed by atoms with van der Waals surface area (Å²) < 4.78 is 39.6. The Morgan fingerprint density at radius 2 is 1.70 bits per heavy atom. The van der Waals surface area contributed by atoms with E-state index in [9.17, 15) is 22.8 Å². The van der Waals surface area contributed by atoms with Crippen molar-refractivity contribution < 1.29 is 22.8 Å². The van der Waals surface area contributed by atoms with Crippen molar-refractivity contribution in [3.05, 3.63) is 64.1 Å². The fourth-order valence-corrected chi connectivity index (χ4v) is 2.38. The van der Waals surface area contributed by atoms with Gasteiger partial charge in [0.05, 0.1) is 17.7 Å². The van der Waals surface area contributed by atoms with Gasteiger partial charge in [-0.1, -0.05) is 28.1 Å². The van der Waals surface area contributed by atoms with Crippen LogP contribution in [-0.4, -0.2) is 17.5 Å². The number of halogens is 4. The van der Waals surface area contributed by atoms with Crippen LogP contribution in [0.1, 0.15) is 29.3 Å². The van der Waals surface area contributed by atoms with Crippen molar-refractivity contribution in [3.63, 3.8) is 0 Å². The number of hydrogen-bond acceptors (Lipinski definition) is 3. The number of benzene rings is 2. The second-order valence-electron chi connectivity index (χ2n) is 5.56. The number of anilines is 1. The second-order valence-corrected chi connectivity index (χ2v) is 6.48. The number of nitrogens with one attached hydrogen (secondary N) is 2. The molecule has 0 saturated carbocycles. The number of para-hydroxylation sites is 1. The van der Waals surface area contributed by atoms with E-state index in [-0.39, 0.29) is 17.8 Å². The van der Waals surface area contributed by atoms with Crippen molar-refractivity contribution >= 4 is 39.1 Å². The molecular weight excluding hydrogens is 427 g/mol. The molecule has 0 saturated heterocycles. The zero-order valence-electron chi connectivity index (χ0n) is 14.1. The van der Waals surface area contributed by atoms with Gasteiger partial charge in [0, 0.05) is 15.7 Å². The van der Waals surface area contributed by atoms with Crippen LogP contribution in [0.2, 0.25) is 0 Å². The van der Waals surface area contributed by atoms with Gasteiger partial charge in [-0.25, -0.2) is 5.43 Å². The fraction of sp³-hybridized carbons (Fsp3) is 0.167. The minimum absolute atomic E-state index is 0.238. The van der Waals surface area contributed by atoms with Crippen molar-refractivity contribution in [2.75, 3.05) is 5.32 Å². The molecule has 0 aliphatic heterocycles. The summed E-state index contributed by atoms with van der Waals surface area (Å²) in [5, 5.41) is 6.01. The molecule has 0 radical (unpaired) electrons. The van der Waals surface area contributed by atoms with Gasteiger partial charge in [-0.15, -0.1) is 0 Å². The van der Waals surface area contributed by atoms with E-state index in [0.717, 1.165) is 10.5 Å². The third kappa shape index (κ3) is 6.21. The minimum atomic E-state index is -4.58. The van der Waals surface area contributed by atoms with E-state index in [1.54, 1.807) is 24.3 Å². The van der Waals surface area contributed by atoms with Gasteiger partial charge in [0.25, 0.3) is 5.91 Å². The summed E-state index contributed by atoms with van der Waals surface area (Å²) in [7, 11) is 0. The van der Waals surface area contributed by atoms with Crippen molar-refractivity contribution in [1.29, 1.82) is 0 Å². The number of carbonyl (C=O) groups excluding carboxylic acids is 2. The highest BCUT2D eigenvalue weighted by Crippen LogP contribution is 2.34. The molecular formula is C18H15BrF3N3O2. The van der Waals surface area contributed by atoms with E-state index in [1.807, 2.05) is 0 Å². The van der Waals surface area contributed by atoms with Crippen LogP contribution in [-0.2, 0) is 11.0 Å².